The van der Waals surface area contributed by atoms with Crippen LogP contribution in [0.3, 0.4) is 0 Å². The lowest BCUT2D eigenvalue weighted by atomic mass is 10.1. The molecule has 3 aromatic heterocycles. The van der Waals surface area contributed by atoms with Gasteiger partial charge in [-0.05, 0) is 48.5 Å². The van der Waals surface area contributed by atoms with Gasteiger partial charge < -0.3 is 9.15 Å². The number of anilines is 1. The summed E-state index contributed by atoms with van der Waals surface area (Å²) >= 11 is 7.47. The Hall–Kier alpha value is -3.80. The Morgan fingerprint density at radius 1 is 1.00 bits per heavy atom. The van der Waals surface area contributed by atoms with Crippen molar-refractivity contribution in [1.29, 1.82) is 0 Å². The van der Waals surface area contributed by atoms with Crippen LogP contribution in [-0.4, -0.2) is 18.4 Å². The van der Waals surface area contributed by atoms with E-state index in [0.29, 0.717) is 22.5 Å². The van der Waals surface area contributed by atoms with Crippen LogP contribution in [0.5, 0.6) is 11.5 Å². The molecular weight excluding hydrogens is 532 g/mol. The van der Waals surface area contributed by atoms with Gasteiger partial charge in [-0.25, -0.2) is 27.2 Å². The minimum Gasteiger partial charge on any atom is -0.472 e. The first kappa shape index (κ1) is 23.9. The fourth-order valence-corrected chi connectivity index (χ4v) is 5.20. The molecule has 0 aliphatic rings. The van der Waals surface area contributed by atoms with E-state index >= 15 is 0 Å². The molecule has 0 saturated carbocycles. The predicted molar refractivity (Wildman–Crippen MR) is 132 cm³/mol. The highest BCUT2D eigenvalue weighted by atomic mass is 35.5. The topological polar surface area (TPSA) is 94.3 Å². The maximum Gasteiger partial charge on any atom is 0.266 e. The van der Waals surface area contributed by atoms with Crippen molar-refractivity contribution in [3.63, 3.8) is 0 Å². The van der Waals surface area contributed by atoms with Gasteiger partial charge in [0.2, 0.25) is 0 Å². The van der Waals surface area contributed by atoms with Crippen LogP contribution in [0, 0.1) is 11.6 Å². The van der Waals surface area contributed by atoms with Gasteiger partial charge in [0.1, 0.15) is 28.0 Å². The van der Waals surface area contributed by atoms with Gasteiger partial charge in [0.05, 0.1) is 28.8 Å². The molecular formula is C24H14ClF2N3O4S2. The number of rotatable bonds is 7. The monoisotopic (exact) mass is 545 g/mol. The Kier molecular flexibility index (Phi) is 6.44. The number of halogens is 3. The third kappa shape index (κ3) is 4.94. The second-order valence-electron chi connectivity index (χ2n) is 7.36. The normalized spacial score (nSPS) is 11.4. The molecule has 3 heterocycles. The molecule has 182 valence electrons. The molecule has 0 spiro atoms. The molecule has 0 unspecified atom stereocenters. The summed E-state index contributed by atoms with van der Waals surface area (Å²) in [5.41, 5.74) is 3.55. The standard InChI is InChI=1S/C24H14ClF2N3O4S2/c25-17-9-22(36(31,32)30-23-12-35-13-28-23)18(27)10-21(17)34-20-6-5-19(14-1-3-16(26)4-2-14)29-24(20)15-7-8-33-11-15/h1-13,30H. The quantitative estimate of drug-likeness (QED) is 0.237. The van der Waals surface area contributed by atoms with Crippen molar-refractivity contribution in [2.24, 2.45) is 0 Å². The van der Waals surface area contributed by atoms with Crippen LogP contribution in [0.2, 0.25) is 5.02 Å². The summed E-state index contributed by atoms with van der Waals surface area (Å²) in [6, 6.07) is 12.5. The SMILES string of the molecule is O=S(=O)(Nc1cscn1)c1cc(Cl)c(Oc2ccc(-c3ccc(F)cc3)nc2-c2ccoc2)cc1F. The maximum atomic E-state index is 14.9. The van der Waals surface area contributed by atoms with E-state index in [1.165, 1.54) is 46.9 Å². The Bertz CT molecular complexity index is 1630. The molecule has 0 atom stereocenters. The van der Waals surface area contributed by atoms with E-state index in [1.807, 2.05) is 0 Å². The summed E-state index contributed by atoms with van der Waals surface area (Å²) in [6.07, 6.45) is 2.90. The van der Waals surface area contributed by atoms with Crippen molar-refractivity contribution >= 4 is 38.8 Å². The Morgan fingerprint density at radius 2 is 1.81 bits per heavy atom. The number of sulfonamides is 1. The second kappa shape index (κ2) is 9.69. The minimum absolute atomic E-state index is 0.0629. The van der Waals surface area contributed by atoms with E-state index in [1.54, 1.807) is 30.3 Å². The Morgan fingerprint density at radius 3 is 2.50 bits per heavy atom. The fourth-order valence-electron chi connectivity index (χ4n) is 3.28. The van der Waals surface area contributed by atoms with Crippen LogP contribution < -0.4 is 9.46 Å². The first-order chi connectivity index (χ1) is 17.3. The number of nitrogens with zero attached hydrogens (tertiary/aromatic N) is 2. The molecule has 2 aromatic carbocycles. The average molecular weight is 546 g/mol. The summed E-state index contributed by atoms with van der Waals surface area (Å²) in [4.78, 5) is 7.78. The highest BCUT2D eigenvalue weighted by molar-refractivity contribution is 7.92. The fraction of sp³-hybridized carbons (Fsp3) is 0. The molecule has 0 saturated heterocycles. The van der Waals surface area contributed by atoms with Gasteiger partial charge in [0, 0.05) is 22.6 Å². The molecule has 1 N–H and O–H groups in total. The molecule has 36 heavy (non-hydrogen) atoms. The number of furan rings is 1. The predicted octanol–water partition coefficient (Wildman–Crippen LogP) is 6.99. The van der Waals surface area contributed by atoms with Gasteiger partial charge in [0.25, 0.3) is 10.0 Å². The van der Waals surface area contributed by atoms with Gasteiger partial charge in [-0.2, -0.15) is 0 Å². The number of aromatic nitrogens is 2. The van der Waals surface area contributed by atoms with Crippen molar-refractivity contribution < 1.29 is 26.4 Å². The van der Waals surface area contributed by atoms with Gasteiger partial charge in [-0.15, -0.1) is 11.3 Å². The van der Waals surface area contributed by atoms with Crippen LogP contribution in [0.4, 0.5) is 14.6 Å². The van der Waals surface area contributed by atoms with Gasteiger partial charge >= 0.3 is 0 Å². The van der Waals surface area contributed by atoms with E-state index in [9.17, 15) is 17.2 Å². The van der Waals surface area contributed by atoms with Crippen molar-refractivity contribution in [3.05, 3.63) is 94.7 Å². The van der Waals surface area contributed by atoms with Gasteiger partial charge in [0.15, 0.2) is 11.6 Å². The Labute approximate surface area is 213 Å². The summed E-state index contributed by atoms with van der Waals surface area (Å²) in [5.74, 6) is -1.30. The molecule has 5 rings (SSSR count). The summed E-state index contributed by atoms with van der Waals surface area (Å²) < 4.78 is 66.7. The van der Waals surface area contributed by atoms with E-state index in [0.717, 1.165) is 12.1 Å². The molecule has 0 amide bonds. The van der Waals surface area contributed by atoms with Crippen LogP contribution in [-0.2, 0) is 10.0 Å². The molecule has 0 aliphatic heterocycles. The first-order valence-electron chi connectivity index (χ1n) is 10.2. The van der Waals surface area contributed by atoms with Crippen LogP contribution in [0.25, 0.3) is 22.5 Å². The largest absolute Gasteiger partial charge is 0.472 e. The van der Waals surface area contributed by atoms with E-state index in [2.05, 4.69) is 14.7 Å². The molecule has 12 heteroatoms. The van der Waals surface area contributed by atoms with E-state index in [4.69, 9.17) is 20.8 Å². The van der Waals surface area contributed by atoms with Crippen LogP contribution in [0.1, 0.15) is 0 Å². The maximum absolute atomic E-state index is 14.9. The number of hydrogen-bond acceptors (Lipinski definition) is 7. The van der Waals surface area contributed by atoms with Crippen LogP contribution >= 0.6 is 22.9 Å². The van der Waals surface area contributed by atoms with E-state index in [-0.39, 0.29) is 28.2 Å². The number of hydrogen-bond donors (Lipinski definition) is 1. The number of benzene rings is 2. The third-order valence-electron chi connectivity index (χ3n) is 4.96. The lowest BCUT2D eigenvalue weighted by Crippen LogP contribution is -2.15. The van der Waals surface area contributed by atoms with Crippen molar-refractivity contribution in [3.8, 4) is 34.0 Å². The number of ether oxygens (including phenoxy) is 1. The number of nitrogens with one attached hydrogen (secondary N) is 1. The zero-order chi connectivity index (χ0) is 25.3. The summed E-state index contributed by atoms with van der Waals surface area (Å²) in [5, 5.41) is 1.32. The average Bonchev–Trinajstić information content (AvgIpc) is 3.56. The summed E-state index contributed by atoms with van der Waals surface area (Å²) in [6.45, 7) is 0. The van der Waals surface area contributed by atoms with Crippen molar-refractivity contribution in [2.45, 2.75) is 4.90 Å². The third-order valence-corrected chi connectivity index (χ3v) is 7.21. The molecule has 0 bridgehead atoms. The molecule has 0 fully saturated rings. The smallest absolute Gasteiger partial charge is 0.266 e. The Balaban J connectivity index is 1.50. The zero-order valence-corrected chi connectivity index (χ0v) is 20.4. The van der Waals surface area contributed by atoms with Gasteiger partial charge in [-0.1, -0.05) is 11.6 Å². The van der Waals surface area contributed by atoms with Crippen molar-refractivity contribution in [1.82, 2.24) is 9.97 Å². The lowest BCUT2D eigenvalue weighted by Gasteiger charge is -2.14. The highest BCUT2D eigenvalue weighted by Gasteiger charge is 2.24. The highest BCUT2D eigenvalue weighted by Crippen LogP contribution is 2.38. The zero-order valence-electron chi connectivity index (χ0n) is 18.0. The molecule has 5 aromatic rings. The molecule has 7 nitrogen and oxygen atoms in total. The minimum atomic E-state index is -4.28. The van der Waals surface area contributed by atoms with Crippen LogP contribution in [0.15, 0.2) is 87.3 Å². The molecule has 0 aliphatic carbocycles. The first-order valence-corrected chi connectivity index (χ1v) is 13.0. The number of pyridine rings is 1. The summed E-state index contributed by atoms with van der Waals surface area (Å²) in [7, 11) is -4.28. The lowest BCUT2D eigenvalue weighted by molar-refractivity contribution is 0.473. The number of thiazole rings is 1. The van der Waals surface area contributed by atoms with E-state index < -0.39 is 20.7 Å². The second-order valence-corrected chi connectivity index (χ2v) is 10.1. The van der Waals surface area contributed by atoms with Gasteiger partial charge in [-0.3, -0.25) is 4.72 Å². The molecule has 0 radical (unpaired) electrons. The van der Waals surface area contributed by atoms with Crippen molar-refractivity contribution in [2.75, 3.05) is 4.72 Å².